The van der Waals surface area contributed by atoms with Crippen LogP contribution in [0.4, 0.5) is 0 Å². The predicted molar refractivity (Wildman–Crippen MR) is 143 cm³/mol. The molecule has 1 N–H and O–H groups in total. The Balaban J connectivity index is 1.60. The maximum absolute atomic E-state index is 14.0. The van der Waals surface area contributed by atoms with Gasteiger partial charge in [-0.15, -0.1) is 10.2 Å². The molecule has 0 spiro atoms. The third-order valence-electron chi connectivity index (χ3n) is 7.30. The SMILES string of the molecule is CCCCc1cn(-c2nccn2C(C)CC)c(=O)n1CC1(c2cccc(-c3nn[nH]n3)c2)C=CN=CC1. The number of rotatable bonds is 10. The molecule has 2 atom stereocenters. The lowest BCUT2D eigenvalue weighted by molar-refractivity contribution is 0.437. The number of allylic oxidation sites excluding steroid dienone is 1. The number of tetrazole rings is 1. The van der Waals surface area contributed by atoms with E-state index < -0.39 is 5.41 Å². The Labute approximate surface area is 215 Å². The fraction of sp³-hybridized carbons (Fsp3) is 0.407. The van der Waals surface area contributed by atoms with Gasteiger partial charge in [-0.3, -0.25) is 9.56 Å². The van der Waals surface area contributed by atoms with E-state index in [-0.39, 0.29) is 11.7 Å². The van der Waals surface area contributed by atoms with Crippen molar-refractivity contribution in [2.24, 2.45) is 4.99 Å². The van der Waals surface area contributed by atoms with Crippen molar-refractivity contribution in [1.82, 2.24) is 39.3 Å². The molecule has 5 rings (SSSR count). The van der Waals surface area contributed by atoms with Crippen molar-refractivity contribution in [1.29, 1.82) is 0 Å². The van der Waals surface area contributed by atoms with E-state index in [1.54, 1.807) is 10.8 Å². The first kappa shape index (κ1) is 24.6. The van der Waals surface area contributed by atoms with Crippen molar-refractivity contribution in [3.05, 3.63) is 76.9 Å². The Kier molecular flexibility index (Phi) is 6.98. The van der Waals surface area contributed by atoms with Gasteiger partial charge < -0.3 is 4.57 Å². The number of aromatic amines is 1. The monoisotopic (exact) mass is 499 g/mol. The molecule has 0 radical (unpaired) electrons. The number of hydrogen-bond acceptors (Lipinski definition) is 6. The molecule has 37 heavy (non-hydrogen) atoms. The molecule has 2 unspecified atom stereocenters. The lowest BCUT2D eigenvalue weighted by atomic mass is 9.76. The minimum Gasteiger partial charge on any atom is -0.314 e. The Hall–Kier alpha value is -4.08. The Bertz CT molecular complexity index is 1460. The number of benzene rings is 1. The smallest absolute Gasteiger partial charge is 0.314 e. The van der Waals surface area contributed by atoms with Crippen LogP contribution in [0.5, 0.6) is 0 Å². The molecular formula is C27H33N9O. The zero-order valence-corrected chi connectivity index (χ0v) is 21.6. The van der Waals surface area contributed by atoms with Gasteiger partial charge >= 0.3 is 5.69 Å². The normalized spacial score (nSPS) is 17.9. The van der Waals surface area contributed by atoms with Crippen LogP contribution in [0.1, 0.15) is 63.8 Å². The first-order valence-corrected chi connectivity index (χ1v) is 12.9. The van der Waals surface area contributed by atoms with Crippen molar-refractivity contribution in [2.45, 2.75) is 70.9 Å². The van der Waals surface area contributed by atoms with Crippen LogP contribution in [-0.4, -0.2) is 45.5 Å². The molecule has 192 valence electrons. The molecule has 10 nitrogen and oxygen atoms in total. The minimum absolute atomic E-state index is 0.0773. The summed E-state index contributed by atoms with van der Waals surface area (Å²) in [4.78, 5) is 22.9. The second kappa shape index (κ2) is 10.5. The van der Waals surface area contributed by atoms with Crippen molar-refractivity contribution < 1.29 is 0 Å². The second-order valence-electron chi connectivity index (χ2n) is 9.68. The van der Waals surface area contributed by atoms with E-state index in [1.165, 1.54) is 0 Å². The van der Waals surface area contributed by atoms with Crippen LogP contribution >= 0.6 is 0 Å². The Morgan fingerprint density at radius 3 is 2.86 bits per heavy atom. The molecule has 4 aromatic rings. The summed E-state index contributed by atoms with van der Waals surface area (Å²) >= 11 is 0. The molecule has 3 aromatic heterocycles. The van der Waals surface area contributed by atoms with Crippen LogP contribution in [0.25, 0.3) is 17.3 Å². The Morgan fingerprint density at radius 2 is 2.14 bits per heavy atom. The van der Waals surface area contributed by atoms with Gasteiger partial charge in [-0.05, 0) is 49.5 Å². The number of imidazole rings is 2. The summed E-state index contributed by atoms with van der Waals surface area (Å²) in [5.41, 5.74) is 2.42. The van der Waals surface area contributed by atoms with E-state index in [0.29, 0.717) is 24.7 Å². The van der Waals surface area contributed by atoms with Crippen LogP contribution in [0.15, 0.2) is 64.9 Å². The zero-order chi connectivity index (χ0) is 25.8. The number of hydrogen-bond donors (Lipinski definition) is 1. The molecule has 0 aliphatic carbocycles. The molecule has 0 fully saturated rings. The van der Waals surface area contributed by atoms with Crippen LogP contribution in [-0.2, 0) is 18.4 Å². The topological polar surface area (TPSA) is 112 Å². The molecule has 0 bridgehead atoms. The van der Waals surface area contributed by atoms with Gasteiger partial charge in [-0.2, -0.15) is 5.21 Å². The van der Waals surface area contributed by atoms with E-state index >= 15 is 0 Å². The molecule has 1 aliphatic heterocycles. The summed E-state index contributed by atoms with van der Waals surface area (Å²) in [6.45, 7) is 6.93. The van der Waals surface area contributed by atoms with Crippen molar-refractivity contribution >= 4 is 6.21 Å². The maximum Gasteiger partial charge on any atom is 0.335 e. The van der Waals surface area contributed by atoms with Crippen molar-refractivity contribution in [3.63, 3.8) is 0 Å². The van der Waals surface area contributed by atoms with Gasteiger partial charge in [0.2, 0.25) is 11.8 Å². The van der Waals surface area contributed by atoms with E-state index in [9.17, 15) is 4.79 Å². The highest BCUT2D eigenvalue weighted by Gasteiger charge is 2.33. The van der Waals surface area contributed by atoms with Gasteiger partial charge in [0.1, 0.15) is 0 Å². The Morgan fingerprint density at radius 1 is 1.24 bits per heavy atom. The average Bonchev–Trinajstić information content (AvgIpc) is 3.70. The second-order valence-corrected chi connectivity index (χ2v) is 9.68. The molecule has 1 aromatic carbocycles. The summed E-state index contributed by atoms with van der Waals surface area (Å²) < 4.78 is 5.71. The number of nitrogens with zero attached hydrogens (tertiary/aromatic N) is 8. The maximum atomic E-state index is 14.0. The van der Waals surface area contributed by atoms with E-state index in [2.05, 4.69) is 74.1 Å². The number of unbranched alkanes of at least 4 members (excludes halogenated alkanes) is 1. The van der Waals surface area contributed by atoms with Gasteiger partial charge in [-0.1, -0.05) is 44.5 Å². The van der Waals surface area contributed by atoms with E-state index in [0.717, 1.165) is 42.5 Å². The molecule has 10 heteroatoms. The molecular weight excluding hydrogens is 466 g/mol. The van der Waals surface area contributed by atoms with E-state index in [1.807, 2.05) is 41.5 Å². The molecule has 1 aliphatic rings. The number of aliphatic imine (C=N–C) groups is 1. The van der Waals surface area contributed by atoms with Crippen LogP contribution in [0.2, 0.25) is 0 Å². The number of aromatic nitrogens is 8. The summed E-state index contributed by atoms with van der Waals surface area (Å²) in [7, 11) is 0. The quantitative estimate of drug-likeness (QED) is 0.350. The summed E-state index contributed by atoms with van der Waals surface area (Å²) in [5.74, 6) is 1.19. The lowest BCUT2D eigenvalue weighted by Crippen LogP contribution is -2.37. The fourth-order valence-electron chi connectivity index (χ4n) is 4.92. The third-order valence-corrected chi connectivity index (χ3v) is 7.30. The summed E-state index contributed by atoms with van der Waals surface area (Å²) in [6.07, 6.45) is 16.0. The van der Waals surface area contributed by atoms with Gasteiger partial charge in [0.25, 0.3) is 0 Å². The first-order valence-electron chi connectivity index (χ1n) is 12.9. The minimum atomic E-state index is -0.454. The third kappa shape index (κ3) is 4.71. The highest BCUT2D eigenvalue weighted by atomic mass is 16.1. The molecule has 0 amide bonds. The molecule has 4 heterocycles. The zero-order valence-electron chi connectivity index (χ0n) is 21.6. The van der Waals surface area contributed by atoms with Crippen molar-refractivity contribution in [3.8, 4) is 17.3 Å². The standard InChI is InChI=1S/C27H33N9O/c1-4-6-10-23-18-35(25-29-15-16-34(25)20(3)5-2)26(37)36(23)19-27(11-13-28-14-12-27)22-9-7-8-21(17-22)24-30-32-33-31-24/h7-9,11,13-18,20H,4-6,10,12,19H2,1-3H3,(H,30,31,32,33). The highest BCUT2D eigenvalue weighted by Crippen LogP contribution is 2.35. The largest absolute Gasteiger partial charge is 0.335 e. The average molecular weight is 500 g/mol. The summed E-state index contributed by atoms with van der Waals surface area (Å²) in [5, 5.41) is 14.5. The van der Waals surface area contributed by atoms with Crippen LogP contribution in [0.3, 0.4) is 0 Å². The van der Waals surface area contributed by atoms with Crippen LogP contribution < -0.4 is 5.69 Å². The van der Waals surface area contributed by atoms with Gasteiger partial charge in [-0.25, -0.2) is 14.3 Å². The van der Waals surface area contributed by atoms with Crippen LogP contribution in [0, 0.1) is 0 Å². The van der Waals surface area contributed by atoms with E-state index in [4.69, 9.17) is 0 Å². The van der Waals surface area contributed by atoms with Gasteiger partial charge in [0.15, 0.2) is 0 Å². The highest BCUT2D eigenvalue weighted by molar-refractivity contribution is 5.65. The van der Waals surface area contributed by atoms with Gasteiger partial charge in [0.05, 0.1) is 0 Å². The number of aryl methyl sites for hydroxylation is 1. The molecule has 0 saturated heterocycles. The fourth-order valence-corrected chi connectivity index (χ4v) is 4.92. The van der Waals surface area contributed by atoms with Crippen molar-refractivity contribution in [2.75, 3.05) is 0 Å². The summed E-state index contributed by atoms with van der Waals surface area (Å²) in [6, 6.07) is 8.38. The number of nitrogens with one attached hydrogen (secondary N) is 1. The van der Waals surface area contributed by atoms with Gasteiger partial charge in [0, 0.05) is 60.3 Å². The lowest BCUT2D eigenvalue weighted by Gasteiger charge is -2.32. The first-order chi connectivity index (χ1) is 18.1. The predicted octanol–water partition coefficient (Wildman–Crippen LogP) is 4.26. The number of H-pyrrole nitrogens is 1. The molecule has 0 saturated carbocycles.